The van der Waals surface area contributed by atoms with Crippen LogP contribution in [0, 0.1) is 6.92 Å². The molecule has 0 saturated heterocycles. The smallest absolute Gasteiger partial charge is 0.250 e. The monoisotopic (exact) mass is 479 g/mol. The third kappa shape index (κ3) is 5.25. The Morgan fingerprint density at radius 3 is 2.83 bits per heavy atom. The maximum atomic E-state index is 12.4. The molecule has 2 aromatic heterocycles. The van der Waals surface area contributed by atoms with Gasteiger partial charge in [-0.3, -0.25) is 4.79 Å². The highest BCUT2D eigenvalue weighted by atomic mass is 79.9. The molecule has 1 atom stereocenters. The van der Waals surface area contributed by atoms with Crippen molar-refractivity contribution < 1.29 is 18.3 Å². The molecule has 0 aliphatic heterocycles. The summed E-state index contributed by atoms with van der Waals surface area (Å²) < 4.78 is 31.5. The van der Waals surface area contributed by atoms with Gasteiger partial charge in [0.2, 0.25) is 5.88 Å². The van der Waals surface area contributed by atoms with Crippen molar-refractivity contribution in [3.8, 4) is 5.88 Å². The lowest BCUT2D eigenvalue weighted by molar-refractivity contribution is -0.120. The zero-order chi connectivity index (χ0) is 21.7. The molecule has 0 radical (unpaired) electrons. The van der Waals surface area contributed by atoms with Gasteiger partial charge in [-0.2, -0.15) is 0 Å². The molecule has 2 N–H and O–H groups in total. The quantitative estimate of drug-likeness (QED) is 0.447. The fourth-order valence-electron chi connectivity index (χ4n) is 2.89. The van der Waals surface area contributed by atoms with Gasteiger partial charge in [0.1, 0.15) is 17.8 Å². The van der Waals surface area contributed by atoms with Crippen molar-refractivity contribution in [2.24, 2.45) is 0 Å². The summed E-state index contributed by atoms with van der Waals surface area (Å²) in [5, 5.41) is 6.54. The second-order valence-electron chi connectivity index (χ2n) is 6.87. The highest BCUT2D eigenvalue weighted by Gasteiger charge is 2.28. The van der Waals surface area contributed by atoms with Crippen LogP contribution >= 0.6 is 15.9 Å². The first kappa shape index (κ1) is 22.0. The average Bonchev–Trinajstić information content (AvgIpc) is 2.69. The van der Waals surface area contributed by atoms with Crippen molar-refractivity contribution in [2.75, 3.05) is 18.4 Å². The highest BCUT2D eigenvalue weighted by Crippen LogP contribution is 2.32. The fourth-order valence-corrected chi connectivity index (χ4v) is 3.45. The summed E-state index contributed by atoms with van der Waals surface area (Å²) in [5.74, 6) is 0.693. The number of aromatic nitrogens is 3. The standard InChI is InChI=1S/C20H20BrF2N5O2/c1-12-6-13(21)7-15-17(12)18(27-11-26-15)28-14-4-3-5-25-19(14)30-20(2,10-29)9-24-8-16(22)23/h3-7,10-11,16,24H,8-9H2,1-2H3,(H,26,27,28)/t20-/m1/s1. The number of nitrogens with one attached hydrogen (secondary N) is 2. The van der Waals surface area contributed by atoms with Gasteiger partial charge < -0.3 is 15.4 Å². The van der Waals surface area contributed by atoms with Crippen molar-refractivity contribution >= 4 is 44.6 Å². The minimum atomic E-state index is -2.53. The van der Waals surface area contributed by atoms with Crippen LogP contribution in [0.5, 0.6) is 5.88 Å². The first-order chi connectivity index (χ1) is 14.3. The molecule has 3 rings (SSSR count). The number of pyridine rings is 1. The molecular weight excluding hydrogens is 460 g/mol. The Balaban J connectivity index is 1.89. The van der Waals surface area contributed by atoms with E-state index in [1.54, 1.807) is 12.1 Å². The summed E-state index contributed by atoms with van der Waals surface area (Å²) in [7, 11) is 0. The van der Waals surface area contributed by atoms with E-state index in [2.05, 4.69) is 41.5 Å². The third-order valence-corrected chi connectivity index (χ3v) is 4.74. The van der Waals surface area contributed by atoms with E-state index in [1.165, 1.54) is 19.4 Å². The molecule has 1 aromatic carbocycles. The van der Waals surface area contributed by atoms with Crippen LogP contribution in [0.25, 0.3) is 10.9 Å². The lowest BCUT2D eigenvalue weighted by Gasteiger charge is -2.26. The van der Waals surface area contributed by atoms with Gasteiger partial charge in [-0.1, -0.05) is 15.9 Å². The molecule has 0 spiro atoms. The molecule has 3 aromatic rings. The van der Waals surface area contributed by atoms with Crippen LogP contribution < -0.4 is 15.4 Å². The van der Waals surface area contributed by atoms with E-state index in [4.69, 9.17) is 4.74 Å². The van der Waals surface area contributed by atoms with Crippen LogP contribution in [0.2, 0.25) is 0 Å². The van der Waals surface area contributed by atoms with Crippen LogP contribution in [0.4, 0.5) is 20.3 Å². The van der Waals surface area contributed by atoms with Crippen LogP contribution in [0.3, 0.4) is 0 Å². The van der Waals surface area contributed by atoms with E-state index in [-0.39, 0.29) is 12.4 Å². The number of alkyl halides is 2. The van der Waals surface area contributed by atoms with E-state index in [0.29, 0.717) is 17.8 Å². The summed E-state index contributed by atoms with van der Waals surface area (Å²) in [5.41, 5.74) is 0.804. The number of aldehydes is 1. The van der Waals surface area contributed by atoms with Gasteiger partial charge in [0.05, 0.1) is 12.1 Å². The van der Waals surface area contributed by atoms with Crippen molar-refractivity contribution in [2.45, 2.75) is 25.9 Å². The Labute approximate surface area is 180 Å². The molecule has 0 unspecified atom stereocenters. The molecule has 10 heteroatoms. The third-order valence-electron chi connectivity index (χ3n) is 4.28. The Bertz CT molecular complexity index is 1050. The average molecular weight is 480 g/mol. The number of nitrogens with zero attached hydrogens (tertiary/aromatic N) is 3. The molecule has 0 aliphatic rings. The summed E-state index contributed by atoms with van der Waals surface area (Å²) in [6, 6.07) is 7.27. The Morgan fingerprint density at radius 2 is 2.10 bits per heavy atom. The van der Waals surface area contributed by atoms with Gasteiger partial charge in [-0.25, -0.2) is 23.7 Å². The topological polar surface area (TPSA) is 89.0 Å². The molecule has 0 amide bonds. The number of anilines is 2. The predicted octanol–water partition coefficient (Wildman–Crippen LogP) is 4.03. The van der Waals surface area contributed by atoms with Gasteiger partial charge in [-0.05, 0) is 43.7 Å². The predicted molar refractivity (Wildman–Crippen MR) is 113 cm³/mol. The number of ether oxygens (including phenoxy) is 1. The Morgan fingerprint density at radius 1 is 1.30 bits per heavy atom. The van der Waals surface area contributed by atoms with Crippen molar-refractivity contribution in [1.29, 1.82) is 0 Å². The van der Waals surface area contributed by atoms with Crippen molar-refractivity contribution in [1.82, 2.24) is 20.3 Å². The number of aryl methyl sites for hydroxylation is 1. The minimum absolute atomic E-state index is 0.0968. The second kappa shape index (κ2) is 9.40. The number of fused-ring (bicyclic) bond motifs is 1. The largest absolute Gasteiger partial charge is 0.461 e. The highest BCUT2D eigenvalue weighted by molar-refractivity contribution is 9.10. The van der Waals surface area contributed by atoms with Gasteiger partial charge in [-0.15, -0.1) is 0 Å². The Hall–Kier alpha value is -2.72. The summed E-state index contributed by atoms with van der Waals surface area (Å²) in [6.07, 6.45) is 0.990. The van der Waals surface area contributed by atoms with Crippen molar-refractivity contribution in [3.63, 3.8) is 0 Å². The molecule has 0 bridgehead atoms. The zero-order valence-corrected chi connectivity index (χ0v) is 17.9. The lowest BCUT2D eigenvalue weighted by Crippen LogP contribution is -2.46. The maximum absolute atomic E-state index is 12.4. The summed E-state index contributed by atoms with van der Waals surface area (Å²) in [4.78, 5) is 24.4. The first-order valence-corrected chi connectivity index (χ1v) is 9.88. The number of hydrogen-bond acceptors (Lipinski definition) is 7. The lowest BCUT2D eigenvalue weighted by atomic mass is 10.1. The normalized spacial score (nSPS) is 13.3. The minimum Gasteiger partial charge on any atom is -0.461 e. The summed E-state index contributed by atoms with van der Waals surface area (Å²) in [6.45, 7) is 2.81. The second-order valence-corrected chi connectivity index (χ2v) is 7.79. The molecular formula is C20H20BrF2N5O2. The molecule has 2 heterocycles. The maximum Gasteiger partial charge on any atom is 0.250 e. The number of carbonyl (C=O) groups excluding carboxylic acids is 1. The molecule has 0 saturated carbocycles. The van der Waals surface area contributed by atoms with Gasteiger partial charge in [0.25, 0.3) is 6.43 Å². The van der Waals surface area contributed by atoms with Crippen LogP contribution in [0.15, 0.2) is 41.3 Å². The zero-order valence-electron chi connectivity index (χ0n) is 16.3. The van der Waals surface area contributed by atoms with Crippen molar-refractivity contribution in [3.05, 3.63) is 46.8 Å². The number of carbonyl (C=O) groups is 1. The van der Waals surface area contributed by atoms with Crippen LogP contribution in [-0.4, -0.2) is 46.4 Å². The first-order valence-electron chi connectivity index (χ1n) is 9.08. The van der Waals surface area contributed by atoms with E-state index in [0.717, 1.165) is 20.9 Å². The van der Waals surface area contributed by atoms with Gasteiger partial charge in [0, 0.05) is 22.6 Å². The van der Waals surface area contributed by atoms with Gasteiger partial charge >= 0.3 is 0 Å². The number of hydrogen-bond donors (Lipinski definition) is 2. The molecule has 158 valence electrons. The molecule has 30 heavy (non-hydrogen) atoms. The number of rotatable bonds is 9. The van der Waals surface area contributed by atoms with Crippen LogP contribution in [-0.2, 0) is 4.79 Å². The summed E-state index contributed by atoms with van der Waals surface area (Å²) >= 11 is 3.46. The molecule has 0 aliphatic carbocycles. The Kier molecular flexibility index (Phi) is 6.88. The van der Waals surface area contributed by atoms with E-state index >= 15 is 0 Å². The SMILES string of the molecule is Cc1cc(Br)cc2ncnc(Nc3cccnc3O[C@@](C)(C=O)CNCC(F)F)c12. The van der Waals surface area contributed by atoms with E-state index in [1.807, 2.05) is 19.1 Å². The van der Waals surface area contributed by atoms with E-state index < -0.39 is 18.6 Å². The molecule has 7 nitrogen and oxygen atoms in total. The number of benzene rings is 1. The fraction of sp³-hybridized carbons (Fsp3) is 0.300. The van der Waals surface area contributed by atoms with Gasteiger partial charge in [0.15, 0.2) is 11.9 Å². The van der Waals surface area contributed by atoms with E-state index in [9.17, 15) is 13.6 Å². The molecule has 0 fully saturated rings. The number of halogens is 3. The van der Waals surface area contributed by atoms with Crippen LogP contribution in [0.1, 0.15) is 12.5 Å².